The molecule has 0 amide bonds. The first-order valence-corrected chi connectivity index (χ1v) is 6.17. The zero-order valence-electron chi connectivity index (χ0n) is 9.56. The fourth-order valence-corrected chi connectivity index (χ4v) is 1.89. The highest BCUT2D eigenvalue weighted by atomic mass is 79.9. The van der Waals surface area contributed by atoms with Crippen LogP contribution in [-0.4, -0.2) is 30.0 Å². The summed E-state index contributed by atoms with van der Waals surface area (Å²) < 4.78 is 8.32. The van der Waals surface area contributed by atoms with Crippen molar-refractivity contribution in [3.8, 4) is 11.4 Å². The van der Waals surface area contributed by atoms with Crippen LogP contribution in [0.2, 0.25) is 0 Å². The van der Waals surface area contributed by atoms with Crippen molar-refractivity contribution in [2.24, 2.45) is 0 Å². The van der Waals surface area contributed by atoms with Crippen molar-refractivity contribution in [2.75, 3.05) is 20.2 Å². The Bertz CT molecular complexity index is 484. The largest absolute Gasteiger partial charge is 0.489 e. The highest BCUT2D eigenvalue weighted by Crippen LogP contribution is 2.21. The van der Waals surface area contributed by atoms with Gasteiger partial charge in [0.05, 0.1) is 18.1 Å². The van der Waals surface area contributed by atoms with Crippen molar-refractivity contribution in [2.45, 2.75) is 0 Å². The number of rotatable bonds is 5. The molecular weight excluding hydrogens is 282 g/mol. The van der Waals surface area contributed by atoms with Crippen molar-refractivity contribution >= 4 is 15.9 Å². The number of ether oxygens (including phenoxy) is 1. The number of hydrogen-bond donors (Lipinski definition) is 1. The van der Waals surface area contributed by atoms with Gasteiger partial charge in [0.1, 0.15) is 6.61 Å². The van der Waals surface area contributed by atoms with E-state index < -0.39 is 0 Å². The van der Waals surface area contributed by atoms with Crippen molar-refractivity contribution < 1.29 is 4.74 Å². The van der Waals surface area contributed by atoms with Crippen LogP contribution in [0.1, 0.15) is 0 Å². The quantitative estimate of drug-likeness (QED) is 0.860. The lowest BCUT2D eigenvalue weighted by Gasteiger charge is -2.03. The van der Waals surface area contributed by atoms with E-state index in [9.17, 15) is 0 Å². The standard InChI is InChI=1S/C12H14BrN3O/c1-14-6-7-17-10-8-15-16(9-10)12-5-3-2-4-11(12)13/h2-5,8-9,14H,6-7H2,1H3. The first-order valence-electron chi connectivity index (χ1n) is 5.38. The molecule has 0 radical (unpaired) electrons. The van der Waals surface area contributed by atoms with Crippen LogP contribution in [0.4, 0.5) is 0 Å². The van der Waals surface area contributed by atoms with E-state index in [0.717, 1.165) is 22.5 Å². The fourth-order valence-electron chi connectivity index (χ4n) is 1.42. The van der Waals surface area contributed by atoms with Crippen molar-refractivity contribution in [3.63, 3.8) is 0 Å². The Morgan fingerprint density at radius 2 is 2.24 bits per heavy atom. The first-order chi connectivity index (χ1) is 8.31. The van der Waals surface area contributed by atoms with E-state index in [0.29, 0.717) is 6.61 Å². The summed E-state index contributed by atoms with van der Waals surface area (Å²) in [6.45, 7) is 1.46. The molecule has 0 aliphatic rings. The Morgan fingerprint density at radius 3 is 3.00 bits per heavy atom. The third kappa shape index (κ3) is 3.08. The number of halogens is 1. The molecule has 90 valence electrons. The Balaban J connectivity index is 2.10. The number of hydrogen-bond acceptors (Lipinski definition) is 3. The molecular formula is C12H14BrN3O. The van der Waals surface area contributed by atoms with Gasteiger partial charge in [0.15, 0.2) is 5.75 Å². The molecule has 2 rings (SSSR count). The Kier molecular flexibility index (Phi) is 4.17. The van der Waals surface area contributed by atoms with Crippen LogP contribution in [0.3, 0.4) is 0 Å². The summed E-state index contributed by atoms with van der Waals surface area (Å²) in [7, 11) is 1.90. The predicted molar refractivity (Wildman–Crippen MR) is 70.7 cm³/mol. The van der Waals surface area contributed by atoms with Crippen LogP contribution < -0.4 is 10.1 Å². The molecule has 0 aliphatic carbocycles. The number of likely N-dealkylation sites (N-methyl/N-ethyl adjacent to an activating group) is 1. The van der Waals surface area contributed by atoms with E-state index >= 15 is 0 Å². The smallest absolute Gasteiger partial charge is 0.157 e. The maximum atomic E-state index is 5.53. The van der Waals surface area contributed by atoms with E-state index in [2.05, 4.69) is 26.3 Å². The van der Waals surface area contributed by atoms with E-state index in [1.54, 1.807) is 10.9 Å². The summed E-state index contributed by atoms with van der Waals surface area (Å²) in [5.41, 5.74) is 0.996. The van der Waals surface area contributed by atoms with Gasteiger partial charge in [-0.25, -0.2) is 4.68 Å². The molecule has 1 N–H and O–H groups in total. The molecule has 1 aromatic heterocycles. The second-order valence-electron chi connectivity index (χ2n) is 3.52. The van der Waals surface area contributed by atoms with Crippen LogP contribution in [0, 0.1) is 0 Å². The van der Waals surface area contributed by atoms with Gasteiger partial charge in [-0.3, -0.25) is 0 Å². The Hall–Kier alpha value is -1.33. The van der Waals surface area contributed by atoms with Gasteiger partial charge in [-0.1, -0.05) is 12.1 Å². The first kappa shape index (κ1) is 12.1. The lowest BCUT2D eigenvalue weighted by Crippen LogP contribution is -2.15. The predicted octanol–water partition coefficient (Wildman–Crippen LogP) is 2.23. The summed E-state index contributed by atoms with van der Waals surface area (Å²) >= 11 is 3.49. The van der Waals surface area contributed by atoms with Crippen LogP contribution in [0.25, 0.3) is 5.69 Å². The van der Waals surface area contributed by atoms with Gasteiger partial charge in [-0.15, -0.1) is 0 Å². The lowest BCUT2D eigenvalue weighted by molar-refractivity contribution is 0.318. The van der Waals surface area contributed by atoms with Crippen LogP contribution >= 0.6 is 15.9 Å². The average Bonchev–Trinajstić information content (AvgIpc) is 2.79. The molecule has 17 heavy (non-hydrogen) atoms. The number of aromatic nitrogens is 2. The second-order valence-corrected chi connectivity index (χ2v) is 4.38. The van der Waals surface area contributed by atoms with E-state index in [4.69, 9.17) is 4.74 Å². The van der Waals surface area contributed by atoms with E-state index in [-0.39, 0.29) is 0 Å². The van der Waals surface area contributed by atoms with E-state index in [1.807, 2.05) is 37.5 Å². The molecule has 0 bridgehead atoms. The highest BCUT2D eigenvalue weighted by molar-refractivity contribution is 9.10. The molecule has 0 atom stereocenters. The maximum absolute atomic E-state index is 5.53. The van der Waals surface area contributed by atoms with Gasteiger partial charge in [0, 0.05) is 11.0 Å². The molecule has 2 aromatic rings. The average molecular weight is 296 g/mol. The number of nitrogens with zero attached hydrogens (tertiary/aromatic N) is 2. The third-order valence-corrected chi connectivity index (χ3v) is 2.95. The minimum absolute atomic E-state index is 0.637. The van der Waals surface area contributed by atoms with Crippen LogP contribution in [0.5, 0.6) is 5.75 Å². The van der Waals surface area contributed by atoms with Gasteiger partial charge in [0.2, 0.25) is 0 Å². The minimum atomic E-state index is 0.637. The maximum Gasteiger partial charge on any atom is 0.157 e. The Labute approximate surface area is 109 Å². The number of para-hydroxylation sites is 1. The molecule has 0 spiro atoms. The van der Waals surface area contributed by atoms with Crippen molar-refractivity contribution in [1.29, 1.82) is 0 Å². The summed E-state index contributed by atoms with van der Waals surface area (Å²) in [6, 6.07) is 7.93. The molecule has 5 heteroatoms. The minimum Gasteiger partial charge on any atom is -0.489 e. The molecule has 0 aliphatic heterocycles. The fraction of sp³-hybridized carbons (Fsp3) is 0.250. The normalized spacial score (nSPS) is 10.5. The molecule has 1 aromatic carbocycles. The highest BCUT2D eigenvalue weighted by Gasteiger charge is 2.04. The SMILES string of the molecule is CNCCOc1cnn(-c2ccccc2Br)c1. The Morgan fingerprint density at radius 1 is 1.41 bits per heavy atom. The molecule has 1 heterocycles. The monoisotopic (exact) mass is 295 g/mol. The molecule has 0 saturated carbocycles. The zero-order valence-corrected chi connectivity index (χ0v) is 11.1. The molecule has 4 nitrogen and oxygen atoms in total. The van der Waals surface area contributed by atoms with Crippen molar-refractivity contribution in [3.05, 3.63) is 41.1 Å². The van der Waals surface area contributed by atoms with Gasteiger partial charge < -0.3 is 10.1 Å². The third-order valence-electron chi connectivity index (χ3n) is 2.28. The zero-order chi connectivity index (χ0) is 12.1. The molecule has 0 unspecified atom stereocenters. The van der Waals surface area contributed by atoms with Gasteiger partial charge >= 0.3 is 0 Å². The van der Waals surface area contributed by atoms with Gasteiger partial charge in [-0.05, 0) is 35.1 Å². The molecule has 0 fully saturated rings. The summed E-state index contributed by atoms with van der Waals surface area (Å²) in [5, 5.41) is 7.29. The second kappa shape index (κ2) is 5.84. The summed E-state index contributed by atoms with van der Waals surface area (Å²) in [5.74, 6) is 0.774. The summed E-state index contributed by atoms with van der Waals surface area (Å²) in [4.78, 5) is 0. The van der Waals surface area contributed by atoms with Crippen molar-refractivity contribution in [1.82, 2.24) is 15.1 Å². The topological polar surface area (TPSA) is 39.1 Å². The number of benzene rings is 1. The summed E-state index contributed by atoms with van der Waals surface area (Å²) in [6.07, 6.45) is 3.59. The number of nitrogens with one attached hydrogen (secondary N) is 1. The van der Waals surface area contributed by atoms with Crippen LogP contribution in [-0.2, 0) is 0 Å². The van der Waals surface area contributed by atoms with Gasteiger partial charge in [0.25, 0.3) is 0 Å². The lowest BCUT2D eigenvalue weighted by atomic mass is 10.3. The molecule has 0 saturated heterocycles. The van der Waals surface area contributed by atoms with E-state index in [1.165, 1.54) is 0 Å². The van der Waals surface area contributed by atoms with Crippen LogP contribution in [0.15, 0.2) is 41.1 Å². The van der Waals surface area contributed by atoms with Gasteiger partial charge in [-0.2, -0.15) is 5.10 Å².